The van der Waals surface area contributed by atoms with Gasteiger partial charge in [-0.1, -0.05) is 49.6 Å². The highest BCUT2D eigenvalue weighted by molar-refractivity contribution is 5.85. The molecule has 1 N–H and O–H groups in total. The van der Waals surface area contributed by atoms with Gasteiger partial charge in [-0.2, -0.15) is 0 Å². The van der Waals surface area contributed by atoms with E-state index in [-0.39, 0.29) is 24.4 Å². The van der Waals surface area contributed by atoms with Crippen LogP contribution in [0.15, 0.2) is 30.3 Å². The fourth-order valence-electron chi connectivity index (χ4n) is 4.08. The van der Waals surface area contributed by atoms with E-state index >= 15 is 0 Å². The molecular formula is C20H30ClNO3. The van der Waals surface area contributed by atoms with Crippen LogP contribution in [0.1, 0.15) is 50.5 Å². The van der Waals surface area contributed by atoms with E-state index in [1.54, 1.807) is 0 Å². The molecule has 1 aromatic carbocycles. The van der Waals surface area contributed by atoms with Gasteiger partial charge >= 0.3 is 5.97 Å². The molecule has 2 aliphatic rings. The maximum Gasteiger partial charge on any atom is 0.343 e. The Bertz CT molecular complexity index is 539. The summed E-state index contributed by atoms with van der Waals surface area (Å²) in [6.45, 7) is 1.87. The highest BCUT2D eigenvalue weighted by Gasteiger charge is 2.47. The summed E-state index contributed by atoms with van der Waals surface area (Å²) >= 11 is 0. The number of hydrogen-bond donors (Lipinski definition) is 1. The predicted octanol–water partition coefficient (Wildman–Crippen LogP) is 3.51. The molecule has 1 atom stereocenters. The summed E-state index contributed by atoms with van der Waals surface area (Å²) in [5.74, 6) is -0.498. The maximum atomic E-state index is 13.0. The highest BCUT2D eigenvalue weighted by Crippen LogP contribution is 2.40. The van der Waals surface area contributed by atoms with Gasteiger partial charge in [-0.25, -0.2) is 4.79 Å². The lowest BCUT2D eigenvalue weighted by Gasteiger charge is -2.38. The average Bonchev–Trinajstić information content (AvgIpc) is 2.64. The first kappa shape index (κ1) is 20.2. The number of nitrogens with zero attached hydrogens (tertiary/aromatic N) is 1. The van der Waals surface area contributed by atoms with Crippen LogP contribution in [0.25, 0.3) is 0 Å². The zero-order chi connectivity index (χ0) is 17.0. The zero-order valence-corrected chi connectivity index (χ0v) is 15.8. The van der Waals surface area contributed by atoms with Gasteiger partial charge in [0.05, 0.1) is 0 Å². The van der Waals surface area contributed by atoms with E-state index in [2.05, 4.69) is 11.9 Å². The molecule has 1 heterocycles. The number of ether oxygens (including phenoxy) is 1. The molecule has 1 saturated heterocycles. The molecule has 0 bridgehead atoms. The van der Waals surface area contributed by atoms with E-state index < -0.39 is 11.6 Å². The second-order valence-corrected chi connectivity index (χ2v) is 7.38. The van der Waals surface area contributed by atoms with E-state index in [1.165, 1.54) is 6.42 Å². The summed E-state index contributed by atoms with van der Waals surface area (Å²) in [7, 11) is 2.08. The van der Waals surface area contributed by atoms with Crippen molar-refractivity contribution < 1.29 is 14.6 Å². The number of piperidine rings is 1. The zero-order valence-electron chi connectivity index (χ0n) is 15.0. The molecule has 25 heavy (non-hydrogen) atoms. The Morgan fingerprint density at radius 2 is 1.68 bits per heavy atom. The number of esters is 1. The molecule has 2 fully saturated rings. The third kappa shape index (κ3) is 4.55. The van der Waals surface area contributed by atoms with Gasteiger partial charge in [0.25, 0.3) is 0 Å². The fourth-order valence-corrected chi connectivity index (χ4v) is 4.08. The fraction of sp³-hybridized carbons (Fsp3) is 0.650. The number of rotatable bonds is 4. The summed E-state index contributed by atoms with van der Waals surface area (Å²) in [5.41, 5.74) is -0.833. The van der Waals surface area contributed by atoms with E-state index in [1.807, 2.05) is 30.3 Å². The molecule has 0 spiro atoms. The number of halogens is 1. The lowest BCUT2D eigenvalue weighted by molar-refractivity contribution is -0.183. The van der Waals surface area contributed by atoms with Crippen LogP contribution in [0.4, 0.5) is 0 Å². The summed E-state index contributed by atoms with van der Waals surface area (Å²) < 4.78 is 5.80. The van der Waals surface area contributed by atoms with Crippen molar-refractivity contribution in [3.63, 3.8) is 0 Å². The minimum absolute atomic E-state index is 0. The van der Waals surface area contributed by atoms with Crippen molar-refractivity contribution in [3.05, 3.63) is 35.9 Å². The number of carbonyl (C=O) groups is 1. The van der Waals surface area contributed by atoms with Crippen LogP contribution in [-0.2, 0) is 15.1 Å². The van der Waals surface area contributed by atoms with Crippen LogP contribution in [0.5, 0.6) is 0 Å². The largest absolute Gasteiger partial charge is 0.460 e. The average molecular weight is 368 g/mol. The van der Waals surface area contributed by atoms with Crippen LogP contribution in [-0.4, -0.2) is 42.2 Å². The van der Waals surface area contributed by atoms with Gasteiger partial charge < -0.3 is 14.7 Å². The van der Waals surface area contributed by atoms with Gasteiger partial charge in [0.1, 0.15) is 6.10 Å². The molecule has 1 aliphatic carbocycles. The smallest absolute Gasteiger partial charge is 0.343 e. The monoisotopic (exact) mass is 367 g/mol. The van der Waals surface area contributed by atoms with Gasteiger partial charge in [0.15, 0.2) is 5.60 Å². The van der Waals surface area contributed by atoms with Gasteiger partial charge in [0, 0.05) is 19.0 Å². The Labute approximate surface area is 157 Å². The highest BCUT2D eigenvalue weighted by atomic mass is 35.5. The van der Waals surface area contributed by atoms with Crippen LogP contribution in [0.3, 0.4) is 0 Å². The minimum atomic E-state index is -1.51. The Morgan fingerprint density at radius 3 is 2.28 bits per heavy atom. The third-order valence-corrected chi connectivity index (χ3v) is 5.66. The van der Waals surface area contributed by atoms with Crippen molar-refractivity contribution in [1.82, 2.24) is 4.90 Å². The van der Waals surface area contributed by atoms with Crippen molar-refractivity contribution in [2.24, 2.45) is 5.92 Å². The van der Waals surface area contributed by atoms with E-state index in [0.29, 0.717) is 5.56 Å². The number of benzene rings is 1. The first-order valence-corrected chi connectivity index (χ1v) is 9.28. The number of hydrogen-bond acceptors (Lipinski definition) is 4. The van der Waals surface area contributed by atoms with Gasteiger partial charge in [0.2, 0.25) is 0 Å². The topological polar surface area (TPSA) is 49.8 Å². The van der Waals surface area contributed by atoms with Crippen molar-refractivity contribution in [2.45, 2.75) is 56.7 Å². The predicted molar refractivity (Wildman–Crippen MR) is 101 cm³/mol. The maximum absolute atomic E-state index is 13.0. The van der Waals surface area contributed by atoms with Crippen LogP contribution >= 0.6 is 12.4 Å². The summed E-state index contributed by atoms with van der Waals surface area (Å²) in [5, 5.41) is 11.5. The molecule has 1 aliphatic heterocycles. The van der Waals surface area contributed by atoms with Gasteiger partial charge in [-0.05, 0) is 38.3 Å². The van der Waals surface area contributed by atoms with Crippen molar-refractivity contribution in [3.8, 4) is 0 Å². The number of aliphatic hydroxyl groups is 1. The standard InChI is InChI=1S/C20H29NO3.ClH/c1-21-14-12-18(13-15-21)24-19(22)20(23,16-8-4-2-5-9-16)17-10-6-3-7-11-17;/h2,4-5,8-9,17-18,23H,3,6-7,10-15H2,1H3;1H/t20-;/m1./s1. The molecule has 0 aromatic heterocycles. The first-order valence-electron chi connectivity index (χ1n) is 9.28. The minimum Gasteiger partial charge on any atom is -0.460 e. The number of carbonyl (C=O) groups excluding carboxylic acids is 1. The van der Waals surface area contributed by atoms with Gasteiger partial charge in [-0.3, -0.25) is 0 Å². The number of likely N-dealkylation sites (tertiary alicyclic amines) is 1. The van der Waals surface area contributed by atoms with Crippen LogP contribution < -0.4 is 0 Å². The molecule has 1 aromatic rings. The van der Waals surface area contributed by atoms with Crippen molar-refractivity contribution in [1.29, 1.82) is 0 Å². The third-order valence-electron chi connectivity index (χ3n) is 5.66. The molecule has 3 rings (SSSR count). The molecule has 140 valence electrons. The molecule has 0 unspecified atom stereocenters. The Morgan fingerprint density at radius 1 is 1.08 bits per heavy atom. The SMILES string of the molecule is CN1CCC(OC(=O)[C@@](O)(c2ccccc2)C2CCCCC2)CC1.Cl. The molecule has 5 heteroatoms. The quantitative estimate of drug-likeness (QED) is 0.827. The second-order valence-electron chi connectivity index (χ2n) is 7.38. The van der Waals surface area contributed by atoms with Crippen LogP contribution in [0.2, 0.25) is 0 Å². The van der Waals surface area contributed by atoms with E-state index in [0.717, 1.165) is 51.6 Å². The van der Waals surface area contributed by atoms with Crippen LogP contribution in [0, 0.1) is 5.92 Å². The molecule has 1 saturated carbocycles. The first-order chi connectivity index (χ1) is 11.6. The van der Waals surface area contributed by atoms with Crippen molar-refractivity contribution in [2.75, 3.05) is 20.1 Å². The molecule has 4 nitrogen and oxygen atoms in total. The summed E-state index contributed by atoms with van der Waals surface area (Å²) in [6, 6.07) is 9.38. The Balaban J connectivity index is 0.00000225. The normalized spacial score (nSPS) is 22.6. The Kier molecular flexibility index (Phi) is 7.29. The lowest BCUT2D eigenvalue weighted by Crippen LogP contribution is -2.47. The molecule has 0 radical (unpaired) electrons. The summed E-state index contributed by atoms with van der Waals surface area (Å²) in [4.78, 5) is 15.3. The van der Waals surface area contributed by atoms with E-state index in [4.69, 9.17) is 4.74 Å². The summed E-state index contributed by atoms with van der Waals surface area (Å²) in [6.07, 6.45) is 6.71. The Hall–Kier alpha value is -1.10. The second kappa shape index (κ2) is 9.02. The van der Waals surface area contributed by atoms with E-state index in [9.17, 15) is 9.90 Å². The van der Waals surface area contributed by atoms with Gasteiger partial charge in [-0.15, -0.1) is 12.4 Å². The van der Waals surface area contributed by atoms with Crippen molar-refractivity contribution >= 4 is 18.4 Å². The lowest BCUT2D eigenvalue weighted by atomic mass is 9.73. The molecular weight excluding hydrogens is 338 g/mol. The molecule has 0 amide bonds.